The van der Waals surface area contributed by atoms with Crippen LogP contribution in [-0.4, -0.2) is 35.1 Å². The van der Waals surface area contributed by atoms with Crippen molar-refractivity contribution in [3.63, 3.8) is 0 Å². The number of unbranched alkanes of at least 4 members (excludes halogenated alkanes) is 1. The van der Waals surface area contributed by atoms with Gasteiger partial charge < -0.3 is 0 Å². The number of nitrogens with zero attached hydrogens (tertiary/aromatic N) is 3. The van der Waals surface area contributed by atoms with Gasteiger partial charge in [-0.3, -0.25) is 0 Å². The average molecular weight is 520 g/mol. The fraction of sp³-hybridized carbons (Fsp3) is 0.483. The molecular weight excluding hydrogens is 482 g/mol. The number of fused-ring (bicyclic) bond motifs is 2. The molecule has 6 rings (SSSR count). The maximum atomic E-state index is 13.5. The maximum absolute atomic E-state index is 13.5. The quantitative estimate of drug-likeness (QED) is 0.273. The minimum Gasteiger partial charge on any atom is -0.207 e. The standard InChI is InChI=1S/C29H37N5O2S/c1-20-10-8-9-12-25(20)21-14-16-24(17-15-21)37(35,36)32-28-22(18-23-19-26(28)29(23,2)3)11-6-4-5-7-13-27-30-33-34-31-27/h4,6,8-10,12,14-17,22-23,26,28,32H,5,7,11,13,18-19H2,1-3H3,(H,30,31,33,34)/b6-4-/t22-,23-,26+,28+/m0/s1. The third-order valence-corrected chi connectivity index (χ3v) is 10.2. The van der Waals surface area contributed by atoms with Crippen LogP contribution >= 0.6 is 0 Å². The summed E-state index contributed by atoms with van der Waals surface area (Å²) in [5.74, 6) is 2.09. The largest absolute Gasteiger partial charge is 0.240 e. The van der Waals surface area contributed by atoms with Crippen molar-refractivity contribution in [2.45, 2.75) is 70.2 Å². The van der Waals surface area contributed by atoms with E-state index in [-0.39, 0.29) is 11.5 Å². The van der Waals surface area contributed by atoms with Crippen molar-refractivity contribution in [2.24, 2.45) is 23.2 Å². The first-order valence-corrected chi connectivity index (χ1v) is 14.8. The van der Waals surface area contributed by atoms with Crippen molar-refractivity contribution >= 4 is 10.0 Å². The number of hydrogen-bond donors (Lipinski definition) is 2. The van der Waals surface area contributed by atoms with Crippen molar-refractivity contribution < 1.29 is 8.42 Å². The summed E-state index contributed by atoms with van der Waals surface area (Å²) in [6.45, 7) is 6.67. The summed E-state index contributed by atoms with van der Waals surface area (Å²) < 4.78 is 30.2. The first-order valence-electron chi connectivity index (χ1n) is 13.3. The topological polar surface area (TPSA) is 101 Å². The SMILES string of the molecule is Cc1ccccc1-c1ccc(S(=O)(=O)N[C@@H]2[C@@H](C/C=C\CCCc3nn[nH]n3)C[C@H]3C[C@H]2C3(C)C)cc1. The Labute approximate surface area is 220 Å². The number of benzene rings is 2. The second-order valence-corrected chi connectivity index (χ2v) is 13.0. The van der Waals surface area contributed by atoms with Gasteiger partial charge in [-0.2, -0.15) is 5.21 Å². The molecule has 2 aromatic carbocycles. The Morgan fingerprint density at radius 1 is 1.08 bits per heavy atom. The van der Waals surface area contributed by atoms with Gasteiger partial charge in [-0.1, -0.05) is 67.6 Å². The lowest BCUT2D eigenvalue weighted by atomic mass is 9.45. The van der Waals surface area contributed by atoms with Crippen LogP contribution in [0.1, 0.15) is 57.3 Å². The molecule has 0 unspecified atom stereocenters. The minimum absolute atomic E-state index is 0.0509. The fourth-order valence-corrected chi connectivity index (χ4v) is 7.69. The van der Waals surface area contributed by atoms with Gasteiger partial charge in [0.05, 0.1) is 4.90 Å². The van der Waals surface area contributed by atoms with E-state index in [1.54, 1.807) is 12.1 Å². The molecule has 3 aliphatic rings. The molecule has 3 fully saturated rings. The molecule has 4 atom stereocenters. The van der Waals surface area contributed by atoms with Crippen LogP contribution in [0.3, 0.4) is 0 Å². The second-order valence-electron chi connectivity index (χ2n) is 11.3. The molecule has 8 heteroatoms. The van der Waals surface area contributed by atoms with Crippen molar-refractivity contribution in [3.05, 3.63) is 72.1 Å². The highest BCUT2D eigenvalue weighted by Crippen LogP contribution is 2.61. The monoisotopic (exact) mass is 519 g/mol. The van der Waals surface area contributed by atoms with Crippen LogP contribution in [0.4, 0.5) is 0 Å². The van der Waals surface area contributed by atoms with Crippen molar-refractivity contribution in [1.29, 1.82) is 0 Å². The summed E-state index contributed by atoms with van der Waals surface area (Å²) >= 11 is 0. The first-order chi connectivity index (χ1) is 17.8. The van der Waals surface area contributed by atoms with E-state index < -0.39 is 10.0 Å². The number of tetrazole rings is 1. The van der Waals surface area contributed by atoms with Crippen LogP contribution in [0.5, 0.6) is 0 Å². The molecule has 1 aromatic heterocycles. The number of allylic oxidation sites excluding steroid dienone is 2. The summed E-state index contributed by atoms with van der Waals surface area (Å²) in [6.07, 6.45) is 10.2. The van der Waals surface area contributed by atoms with E-state index in [9.17, 15) is 8.42 Å². The van der Waals surface area contributed by atoms with Crippen LogP contribution in [-0.2, 0) is 16.4 Å². The van der Waals surface area contributed by atoms with Gasteiger partial charge in [0.15, 0.2) is 5.82 Å². The first kappa shape index (κ1) is 25.8. The number of aromatic amines is 1. The van der Waals surface area contributed by atoms with E-state index in [1.807, 2.05) is 24.3 Å². The van der Waals surface area contributed by atoms with Crippen molar-refractivity contribution in [3.8, 4) is 11.1 Å². The van der Waals surface area contributed by atoms with Gasteiger partial charge in [-0.25, -0.2) is 13.1 Å². The molecule has 3 aromatic rings. The lowest BCUT2D eigenvalue weighted by molar-refractivity contribution is -0.108. The summed E-state index contributed by atoms with van der Waals surface area (Å²) in [4.78, 5) is 0.333. The van der Waals surface area contributed by atoms with Crippen LogP contribution in [0.15, 0.2) is 65.6 Å². The van der Waals surface area contributed by atoms with E-state index in [4.69, 9.17) is 0 Å². The van der Waals surface area contributed by atoms with E-state index >= 15 is 0 Å². The minimum atomic E-state index is -3.62. The van der Waals surface area contributed by atoms with Crippen LogP contribution in [0, 0.1) is 30.1 Å². The molecule has 0 spiro atoms. The van der Waals surface area contributed by atoms with Crippen LogP contribution in [0.2, 0.25) is 0 Å². The predicted octanol–water partition coefficient (Wildman–Crippen LogP) is 5.47. The normalized spacial score (nSPS) is 24.7. The van der Waals surface area contributed by atoms with E-state index in [1.165, 1.54) is 5.56 Å². The molecule has 0 aliphatic heterocycles. The van der Waals surface area contributed by atoms with Crippen LogP contribution < -0.4 is 4.72 Å². The third kappa shape index (κ3) is 5.41. The lowest BCUT2D eigenvalue weighted by Gasteiger charge is -2.62. The molecular formula is C29H37N5O2S. The van der Waals surface area contributed by atoms with Gasteiger partial charge in [-0.05, 0) is 91.0 Å². The molecule has 1 heterocycles. The molecule has 2 bridgehead atoms. The smallest absolute Gasteiger partial charge is 0.207 e. The number of hydrogen-bond acceptors (Lipinski definition) is 5. The molecule has 7 nitrogen and oxygen atoms in total. The maximum Gasteiger partial charge on any atom is 0.240 e. The Hall–Kier alpha value is -2.84. The number of aryl methyl sites for hydroxylation is 2. The second kappa shape index (κ2) is 10.5. The van der Waals surface area contributed by atoms with Gasteiger partial charge in [0, 0.05) is 12.5 Å². The lowest BCUT2D eigenvalue weighted by Crippen LogP contribution is -2.63. The summed E-state index contributed by atoms with van der Waals surface area (Å²) in [5.41, 5.74) is 3.50. The summed E-state index contributed by atoms with van der Waals surface area (Å²) in [5, 5.41) is 14.1. The molecule has 2 N–H and O–H groups in total. The third-order valence-electron chi connectivity index (χ3n) is 8.75. The Morgan fingerprint density at radius 3 is 2.57 bits per heavy atom. The zero-order valence-electron chi connectivity index (χ0n) is 21.9. The zero-order valence-corrected chi connectivity index (χ0v) is 22.7. The van der Waals surface area contributed by atoms with E-state index in [0.717, 1.165) is 55.5 Å². The fourth-order valence-electron chi connectivity index (χ4n) is 6.34. The molecule has 0 saturated heterocycles. The molecule has 0 amide bonds. The van der Waals surface area contributed by atoms with E-state index in [0.29, 0.717) is 22.6 Å². The van der Waals surface area contributed by atoms with Gasteiger partial charge in [0.2, 0.25) is 10.0 Å². The van der Waals surface area contributed by atoms with Gasteiger partial charge in [0.25, 0.3) is 0 Å². The Balaban J connectivity index is 1.25. The summed E-state index contributed by atoms with van der Waals surface area (Å²) in [7, 11) is -3.62. The number of aromatic nitrogens is 4. The Kier molecular flexibility index (Phi) is 7.32. The number of rotatable bonds is 10. The highest BCUT2D eigenvalue weighted by atomic mass is 32.2. The number of sulfonamides is 1. The van der Waals surface area contributed by atoms with Gasteiger partial charge in [-0.15, -0.1) is 10.2 Å². The molecule has 0 radical (unpaired) electrons. The highest BCUT2D eigenvalue weighted by molar-refractivity contribution is 7.89. The van der Waals surface area contributed by atoms with Gasteiger partial charge in [0.1, 0.15) is 0 Å². The molecule has 196 valence electrons. The average Bonchev–Trinajstić information content (AvgIpc) is 3.40. The zero-order chi connectivity index (χ0) is 26.0. The van der Waals surface area contributed by atoms with Crippen molar-refractivity contribution in [1.82, 2.24) is 25.3 Å². The summed E-state index contributed by atoms with van der Waals surface area (Å²) in [6, 6.07) is 15.4. The van der Waals surface area contributed by atoms with Crippen LogP contribution in [0.25, 0.3) is 11.1 Å². The Bertz CT molecular complexity index is 1330. The molecule has 37 heavy (non-hydrogen) atoms. The highest BCUT2D eigenvalue weighted by Gasteiger charge is 2.58. The number of H-pyrrole nitrogens is 1. The number of nitrogens with one attached hydrogen (secondary N) is 2. The molecule has 3 aliphatic carbocycles. The van der Waals surface area contributed by atoms with Crippen molar-refractivity contribution in [2.75, 3.05) is 0 Å². The Morgan fingerprint density at radius 2 is 1.86 bits per heavy atom. The predicted molar refractivity (Wildman–Crippen MR) is 145 cm³/mol. The van der Waals surface area contributed by atoms with Gasteiger partial charge >= 0.3 is 0 Å². The van der Waals surface area contributed by atoms with E-state index in [2.05, 4.69) is 70.4 Å². The molecule has 3 saturated carbocycles.